The number of anilines is 1. The topological polar surface area (TPSA) is 64.8 Å². The largest absolute Gasteiger partial charge is 0.489 e. The van der Waals surface area contributed by atoms with E-state index in [1.807, 2.05) is 47.4 Å². The van der Waals surface area contributed by atoms with E-state index >= 15 is 0 Å². The van der Waals surface area contributed by atoms with Crippen LogP contribution in [0.3, 0.4) is 0 Å². The maximum Gasteiger partial charge on any atom is 0.274 e. The third-order valence-electron chi connectivity index (χ3n) is 5.90. The van der Waals surface area contributed by atoms with Crippen molar-refractivity contribution in [1.29, 1.82) is 0 Å². The maximum atomic E-state index is 14.5. The van der Waals surface area contributed by atoms with E-state index < -0.39 is 16.6 Å². The first-order chi connectivity index (χ1) is 18.3. The second kappa shape index (κ2) is 12.0. The van der Waals surface area contributed by atoms with E-state index in [0.29, 0.717) is 41.7 Å². The Balaban J connectivity index is 1.58. The third kappa shape index (κ3) is 6.53. The van der Waals surface area contributed by atoms with Crippen molar-refractivity contribution in [2.45, 2.75) is 20.0 Å². The number of nitro groups is 1. The quantitative estimate of drug-likeness (QED) is 0.116. The molecule has 4 rings (SSSR count). The Hall–Kier alpha value is -4.72. The van der Waals surface area contributed by atoms with Crippen LogP contribution in [0.15, 0.2) is 97.6 Å². The van der Waals surface area contributed by atoms with Crippen molar-refractivity contribution in [3.05, 3.63) is 136 Å². The summed E-state index contributed by atoms with van der Waals surface area (Å²) >= 11 is 0. The molecule has 0 aliphatic heterocycles. The smallest absolute Gasteiger partial charge is 0.274 e. The van der Waals surface area contributed by atoms with Gasteiger partial charge in [-0.05, 0) is 48.9 Å². The summed E-state index contributed by atoms with van der Waals surface area (Å²) in [5, 5.41) is 11.5. The summed E-state index contributed by atoms with van der Waals surface area (Å²) in [5.74, 6) is 0.533. The van der Waals surface area contributed by atoms with E-state index in [1.165, 1.54) is 18.2 Å². The highest BCUT2D eigenvalue weighted by molar-refractivity contribution is 5.62. The van der Waals surface area contributed by atoms with Gasteiger partial charge in [0, 0.05) is 42.5 Å². The summed E-state index contributed by atoms with van der Waals surface area (Å²) in [5.41, 5.74) is 2.15. The molecule has 0 spiro atoms. The predicted molar refractivity (Wildman–Crippen MR) is 143 cm³/mol. The molecule has 0 saturated carbocycles. The van der Waals surface area contributed by atoms with Crippen LogP contribution in [0, 0.1) is 28.7 Å². The van der Waals surface area contributed by atoms with Crippen LogP contribution in [0.4, 0.5) is 20.2 Å². The van der Waals surface area contributed by atoms with Crippen LogP contribution in [0.2, 0.25) is 0 Å². The lowest BCUT2D eigenvalue weighted by Crippen LogP contribution is -2.24. The Morgan fingerprint density at radius 3 is 2.37 bits per heavy atom. The molecule has 4 aromatic carbocycles. The predicted octanol–water partition coefficient (Wildman–Crippen LogP) is 7.75. The van der Waals surface area contributed by atoms with Gasteiger partial charge in [-0.25, -0.2) is 8.78 Å². The van der Waals surface area contributed by atoms with E-state index in [0.717, 1.165) is 11.6 Å². The lowest BCUT2D eigenvalue weighted by Gasteiger charge is -2.27. The van der Waals surface area contributed by atoms with Gasteiger partial charge in [0.2, 0.25) is 0 Å². The van der Waals surface area contributed by atoms with Crippen molar-refractivity contribution >= 4 is 11.4 Å². The molecular formula is C30H26F2N2O4. The van der Waals surface area contributed by atoms with Crippen molar-refractivity contribution in [3.8, 4) is 17.2 Å². The molecule has 0 N–H and O–H groups in total. The summed E-state index contributed by atoms with van der Waals surface area (Å²) in [6.07, 6.45) is 1.66. The molecule has 0 aliphatic carbocycles. The molecule has 0 amide bonds. The van der Waals surface area contributed by atoms with Crippen LogP contribution in [0.5, 0.6) is 17.2 Å². The molecule has 38 heavy (non-hydrogen) atoms. The van der Waals surface area contributed by atoms with Gasteiger partial charge in [-0.1, -0.05) is 43.0 Å². The van der Waals surface area contributed by atoms with Gasteiger partial charge in [0.05, 0.1) is 10.5 Å². The average molecular weight is 517 g/mol. The highest BCUT2D eigenvalue weighted by Crippen LogP contribution is 2.32. The fraction of sp³-hybridized carbons (Fsp3) is 0.133. The van der Waals surface area contributed by atoms with Crippen molar-refractivity contribution < 1.29 is 23.2 Å². The molecule has 0 saturated heterocycles. The monoisotopic (exact) mass is 516 g/mol. The normalized spacial score (nSPS) is 10.6. The number of nitro benzene ring substituents is 1. The van der Waals surface area contributed by atoms with Crippen molar-refractivity contribution in [3.63, 3.8) is 0 Å². The summed E-state index contributed by atoms with van der Waals surface area (Å²) in [6, 6.07) is 22.8. The van der Waals surface area contributed by atoms with Crippen LogP contribution >= 0.6 is 0 Å². The van der Waals surface area contributed by atoms with Gasteiger partial charge >= 0.3 is 0 Å². The molecule has 194 valence electrons. The highest BCUT2D eigenvalue weighted by atomic mass is 19.1. The van der Waals surface area contributed by atoms with Crippen LogP contribution in [-0.2, 0) is 13.1 Å². The minimum Gasteiger partial charge on any atom is -0.489 e. The second-order valence-electron chi connectivity index (χ2n) is 8.59. The molecule has 0 unspecified atom stereocenters. The average Bonchev–Trinajstić information content (AvgIpc) is 2.90. The van der Waals surface area contributed by atoms with E-state index in [4.69, 9.17) is 9.47 Å². The van der Waals surface area contributed by atoms with E-state index in [2.05, 4.69) is 6.58 Å². The SMILES string of the molecule is C=CCOc1cccc(Oc2ccc(CN(Cc3ccc(F)cc3F)c3cccc([N+](=O)[O-])c3C)cc2)c1. The zero-order valence-electron chi connectivity index (χ0n) is 20.8. The Morgan fingerprint density at radius 2 is 1.66 bits per heavy atom. The van der Waals surface area contributed by atoms with Gasteiger partial charge in [0.15, 0.2) is 0 Å². The first-order valence-corrected chi connectivity index (χ1v) is 11.9. The van der Waals surface area contributed by atoms with Gasteiger partial charge < -0.3 is 14.4 Å². The van der Waals surface area contributed by atoms with Crippen molar-refractivity contribution in [2.24, 2.45) is 0 Å². The van der Waals surface area contributed by atoms with Crippen molar-refractivity contribution in [1.82, 2.24) is 0 Å². The molecule has 6 nitrogen and oxygen atoms in total. The Kier molecular flexibility index (Phi) is 8.33. The maximum absolute atomic E-state index is 14.5. The van der Waals surface area contributed by atoms with Crippen LogP contribution in [0.25, 0.3) is 0 Å². The van der Waals surface area contributed by atoms with Crippen molar-refractivity contribution in [2.75, 3.05) is 11.5 Å². The molecule has 8 heteroatoms. The number of nitrogens with zero attached hydrogens (tertiary/aromatic N) is 2. The zero-order valence-corrected chi connectivity index (χ0v) is 20.8. The number of benzene rings is 4. The lowest BCUT2D eigenvalue weighted by atomic mass is 10.1. The Morgan fingerprint density at radius 1 is 0.921 bits per heavy atom. The van der Waals surface area contributed by atoms with Gasteiger partial charge in [-0.15, -0.1) is 0 Å². The minimum atomic E-state index is -0.680. The summed E-state index contributed by atoms with van der Waals surface area (Å²) in [6.45, 7) is 6.10. The van der Waals surface area contributed by atoms with Crippen LogP contribution in [0.1, 0.15) is 16.7 Å². The fourth-order valence-corrected chi connectivity index (χ4v) is 4.04. The number of hydrogen-bond donors (Lipinski definition) is 0. The number of halogens is 2. The second-order valence-corrected chi connectivity index (χ2v) is 8.59. The van der Waals surface area contributed by atoms with Gasteiger partial charge in [0.25, 0.3) is 5.69 Å². The highest BCUT2D eigenvalue weighted by Gasteiger charge is 2.19. The zero-order chi connectivity index (χ0) is 27.1. The van der Waals surface area contributed by atoms with Crippen LogP contribution in [-0.4, -0.2) is 11.5 Å². The molecule has 0 bridgehead atoms. The lowest BCUT2D eigenvalue weighted by molar-refractivity contribution is -0.385. The molecule has 0 aliphatic rings. The summed E-state index contributed by atoms with van der Waals surface area (Å²) in [4.78, 5) is 12.9. The molecular weight excluding hydrogens is 490 g/mol. The third-order valence-corrected chi connectivity index (χ3v) is 5.90. The van der Waals surface area contributed by atoms with E-state index in [1.54, 1.807) is 31.2 Å². The standard InChI is InChI=1S/C30H26F2N2O4/c1-3-16-37-26-6-4-7-27(18-26)38-25-14-10-22(11-15-25)19-33(20-23-12-13-24(31)17-28(23)32)29-8-5-9-30(21(29)2)34(35)36/h3-15,17-18H,1,16,19-20H2,2H3. The first-order valence-electron chi connectivity index (χ1n) is 11.9. The molecule has 0 heterocycles. The fourth-order valence-electron chi connectivity index (χ4n) is 4.04. The van der Waals surface area contributed by atoms with Gasteiger partial charge in [-0.3, -0.25) is 10.1 Å². The Bertz CT molecular complexity index is 1440. The number of hydrogen-bond acceptors (Lipinski definition) is 5. The molecule has 0 atom stereocenters. The minimum absolute atomic E-state index is 0.0323. The van der Waals surface area contributed by atoms with Crippen LogP contribution < -0.4 is 14.4 Å². The molecule has 0 fully saturated rings. The summed E-state index contributed by atoms with van der Waals surface area (Å²) in [7, 11) is 0. The molecule has 4 aromatic rings. The summed E-state index contributed by atoms with van der Waals surface area (Å²) < 4.78 is 39.5. The number of ether oxygens (including phenoxy) is 2. The van der Waals surface area contributed by atoms with E-state index in [-0.39, 0.29) is 17.8 Å². The van der Waals surface area contributed by atoms with E-state index in [9.17, 15) is 18.9 Å². The molecule has 0 radical (unpaired) electrons. The first kappa shape index (κ1) is 26.3. The van der Waals surface area contributed by atoms with Gasteiger partial charge in [-0.2, -0.15) is 0 Å². The number of rotatable bonds is 11. The Labute approximate surface area is 219 Å². The molecule has 0 aromatic heterocycles. The van der Waals surface area contributed by atoms with Gasteiger partial charge in [0.1, 0.15) is 35.5 Å².